The summed E-state index contributed by atoms with van der Waals surface area (Å²) >= 11 is 11.1. The standard InChI is InChI=1S/C5H10Cl2O2Si/c1-2-3-4-10(6,7)5(8)9/h2-4H2,1H3,(H,8,9). The number of hydrogen-bond acceptors (Lipinski definition) is 1. The van der Waals surface area contributed by atoms with Crippen molar-refractivity contribution in [1.29, 1.82) is 0 Å². The lowest BCUT2D eigenvalue weighted by atomic mass is 10.4. The van der Waals surface area contributed by atoms with Crippen molar-refractivity contribution in [3.63, 3.8) is 0 Å². The molecule has 0 aromatic rings. The molecule has 1 N–H and O–H groups in total. The first kappa shape index (κ1) is 10.3. The van der Waals surface area contributed by atoms with E-state index in [2.05, 4.69) is 0 Å². The molecule has 0 atom stereocenters. The minimum Gasteiger partial charge on any atom is -0.483 e. The Balaban J connectivity index is 3.75. The highest BCUT2D eigenvalue weighted by Crippen LogP contribution is 2.23. The Morgan fingerprint density at radius 3 is 2.40 bits per heavy atom. The zero-order valence-electron chi connectivity index (χ0n) is 5.73. The predicted molar refractivity (Wildman–Crippen MR) is 45.2 cm³/mol. The van der Waals surface area contributed by atoms with Crippen LogP contribution in [0.1, 0.15) is 19.8 Å². The molecule has 0 heterocycles. The van der Waals surface area contributed by atoms with Gasteiger partial charge in [0.25, 0.3) is 0 Å². The average molecular weight is 201 g/mol. The van der Waals surface area contributed by atoms with E-state index >= 15 is 0 Å². The summed E-state index contributed by atoms with van der Waals surface area (Å²) in [5.74, 6) is 0. The van der Waals surface area contributed by atoms with Gasteiger partial charge in [-0.2, -0.15) is 0 Å². The lowest BCUT2D eigenvalue weighted by Gasteiger charge is -2.08. The first-order valence-electron chi connectivity index (χ1n) is 3.12. The fraction of sp³-hybridized carbons (Fsp3) is 0.800. The topological polar surface area (TPSA) is 37.3 Å². The second kappa shape index (κ2) is 4.21. The molecule has 0 bridgehead atoms. The third-order valence-corrected chi connectivity index (χ3v) is 4.87. The van der Waals surface area contributed by atoms with Crippen molar-refractivity contribution < 1.29 is 9.90 Å². The SMILES string of the molecule is CCCC[Si](Cl)(Cl)C(=O)O. The summed E-state index contributed by atoms with van der Waals surface area (Å²) in [6.07, 6.45) is 1.73. The Labute approximate surface area is 70.6 Å². The summed E-state index contributed by atoms with van der Waals surface area (Å²) in [7, 11) is 0. The van der Waals surface area contributed by atoms with Crippen molar-refractivity contribution in [2.24, 2.45) is 0 Å². The van der Waals surface area contributed by atoms with Crippen molar-refractivity contribution in [3.8, 4) is 0 Å². The van der Waals surface area contributed by atoms with Crippen LogP contribution in [0.25, 0.3) is 0 Å². The second-order valence-electron chi connectivity index (χ2n) is 2.11. The molecule has 0 fully saturated rings. The lowest BCUT2D eigenvalue weighted by molar-refractivity contribution is 0.219. The zero-order valence-corrected chi connectivity index (χ0v) is 8.24. The van der Waals surface area contributed by atoms with Crippen LogP contribution in [0, 0.1) is 0 Å². The molecule has 0 aliphatic carbocycles. The normalized spacial score (nSPS) is 11.5. The fourth-order valence-electron chi connectivity index (χ4n) is 0.506. The Kier molecular flexibility index (Phi) is 4.32. The van der Waals surface area contributed by atoms with Gasteiger partial charge >= 0.3 is 12.3 Å². The number of halogens is 2. The zero-order chi connectivity index (χ0) is 8.20. The van der Waals surface area contributed by atoms with Gasteiger partial charge < -0.3 is 5.11 Å². The molecule has 0 spiro atoms. The summed E-state index contributed by atoms with van der Waals surface area (Å²) in [5.41, 5.74) is -1.02. The van der Waals surface area contributed by atoms with Gasteiger partial charge in [0.05, 0.1) is 0 Å². The molecule has 0 aliphatic rings. The van der Waals surface area contributed by atoms with Gasteiger partial charge in [0, 0.05) is 0 Å². The van der Waals surface area contributed by atoms with Crippen LogP contribution in [-0.4, -0.2) is 17.4 Å². The highest BCUT2D eigenvalue weighted by atomic mass is 35.7. The molecule has 0 saturated heterocycles. The van der Waals surface area contributed by atoms with E-state index in [9.17, 15) is 4.79 Å². The van der Waals surface area contributed by atoms with Gasteiger partial charge in [-0.15, -0.1) is 22.2 Å². The van der Waals surface area contributed by atoms with Crippen LogP contribution >= 0.6 is 22.2 Å². The second-order valence-corrected chi connectivity index (χ2v) is 8.90. The third-order valence-electron chi connectivity index (χ3n) is 1.16. The summed E-state index contributed by atoms with van der Waals surface area (Å²) in [5, 5.41) is 8.47. The molecule has 0 aromatic carbocycles. The van der Waals surface area contributed by atoms with E-state index in [1.165, 1.54) is 0 Å². The first-order chi connectivity index (χ1) is 4.50. The number of hydrogen-bond donors (Lipinski definition) is 1. The minimum atomic E-state index is -2.94. The molecule has 0 aromatic heterocycles. The Morgan fingerprint density at radius 1 is 1.60 bits per heavy atom. The van der Waals surface area contributed by atoms with E-state index in [-0.39, 0.29) is 0 Å². The van der Waals surface area contributed by atoms with E-state index in [1.807, 2.05) is 6.92 Å². The molecule has 10 heavy (non-hydrogen) atoms. The average Bonchev–Trinajstić information content (AvgIpc) is 1.84. The molecular weight excluding hydrogens is 191 g/mol. The van der Waals surface area contributed by atoms with E-state index in [1.54, 1.807) is 0 Å². The van der Waals surface area contributed by atoms with E-state index in [0.29, 0.717) is 6.04 Å². The smallest absolute Gasteiger partial charge is 0.370 e. The van der Waals surface area contributed by atoms with Crippen molar-refractivity contribution in [1.82, 2.24) is 0 Å². The van der Waals surface area contributed by atoms with Crippen LogP contribution in [0.3, 0.4) is 0 Å². The highest BCUT2D eigenvalue weighted by Gasteiger charge is 2.37. The quantitative estimate of drug-likeness (QED) is 0.560. The maximum absolute atomic E-state index is 10.3. The third kappa shape index (κ3) is 3.44. The molecule has 0 saturated carbocycles. The molecule has 5 heteroatoms. The van der Waals surface area contributed by atoms with Crippen LogP contribution in [-0.2, 0) is 0 Å². The molecule has 0 unspecified atom stereocenters. The summed E-state index contributed by atoms with van der Waals surface area (Å²) in [6, 6.07) is 0.446. The van der Waals surface area contributed by atoms with E-state index < -0.39 is 12.3 Å². The first-order valence-corrected chi connectivity index (χ1v) is 7.35. The number of carbonyl (C=O) groups is 1. The fourth-order valence-corrected chi connectivity index (χ4v) is 2.32. The van der Waals surface area contributed by atoms with Gasteiger partial charge in [0.1, 0.15) is 0 Å². The van der Waals surface area contributed by atoms with Crippen LogP contribution < -0.4 is 0 Å². The van der Waals surface area contributed by atoms with E-state index in [4.69, 9.17) is 27.3 Å². The Bertz CT molecular complexity index is 127. The van der Waals surface area contributed by atoms with Gasteiger partial charge in [0.15, 0.2) is 0 Å². The number of carboxylic acid groups (broad SMARTS) is 1. The highest BCUT2D eigenvalue weighted by molar-refractivity contribution is 7.57. The van der Waals surface area contributed by atoms with Crippen molar-refractivity contribution in [3.05, 3.63) is 0 Å². The monoisotopic (exact) mass is 200 g/mol. The molecule has 0 rings (SSSR count). The molecular formula is C5H10Cl2O2Si. The lowest BCUT2D eigenvalue weighted by Crippen LogP contribution is -2.30. The van der Waals surface area contributed by atoms with E-state index in [0.717, 1.165) is 12.8 Å². The van der Waals surface area contributed by atoms with Crippen molar-refractivity contribution in [2.75, 3.05) is 0 Å². The van der Waals surface area contributed by atoms with Crippen molar-refractivity contribution in [2.45, 2.75) is 25.8 Å². The minimum absolute atomic E-state index is 0.446. The van der Waals surface area contributed by atoms with Crippen LogP contribution in [0.5, 0.6) is 0 Å². The molecule has 60 valence electrons. The summed E-state index contributed by atoms with van der Waals surface area (Å²) in [6.45, 7) is -0.968. The molecule has 0 aliphatic heterocycles. The van der Waals surface area contributed by atoms with Gasteiger partial charge in [0.2, 0.25) is 0 Å². The summed E-state index contributed by atoms with van der Waals surface area (Å²) < 4.78 is 0. The van der Waals surface area contributed by atoms with Crippen LogP contribution in [0.15, 0.2) is 0 Å². The van der Waals surface area contributed by atoms with Crippen LogP contribution in [0.4, 0.5) is 4.79 Å². The van der Waals surface area contributed by atoms with Gasteiger partial charge in [-0.25, -0.2) is 0 Å². The summed E-state index contributed by atoms with van der Waals surface area (Å²) in [4.78, 5) is 10.3. The number of rotatable bonds is 4. The number of unbranched alkanes of at least 4 members (excludes halogenated alkanes) is 1. The Morgan fingerprint density at radius 2 is 2.10 bits per heavy atom. The van der Waals surface area contributed by atoms with Crippen molar-refractivity contribution >= 4 is 34.4 Å². The van der Waals surface area contributed by atoms with Gasteiger partial charge in [-0.1, -0.05) is 19.8 Å². The predicted octanol–water partition coefficient (Wildman–Crippen LogP) is 2.97. The van der Waals surface area contributed by atoms with Gasteiger partial charge in [-0.05, 0) is 6.04 Å². The molecule has 0 amide bonds. The Hall–Kier alpha value is 0.267. The van der Waals surface area contributed by atoms with Crippen LogP contribution in [0.2, 0.25) is 6.04 Å². The molecule has 2 nitrogen and oxygen atoms in total. The largest absolute Gasteiger partial charge is 0.483 e. The maximum atomic E-state index is 10.3. The maximum Gasteiger partial charge on any atom is 0.370 e. The molecule has 0 radical (unpaired) electrons. The van der Waals surface area contributed by atoms with Gasteiger partial charge in [-0.3, -0.25) is 4.79 Å².